The molecule has 0 atom stereocenters. The second-order valence-corrected chi connectivity index (χ2v) is 13.1. The summed E-state index contributed by atoms with van der Waals surface area (Å²) in [4.78, 5) is 46.1. The zero-order valence-corrected chi connectivity index (χ0v) is 29.5. The van der Waals surface area contributed by atoms with Crippen molar-refractivity contribution in [3.05, 3.63) is 113 Å². The topological polar surface area (TPSA) is 91.3 Å². The molecule has 10 nitrogen and oxygen atoms in total. The van der Waals surface area contributed by atoms with Crippen LogP contribution in [0.2, 0.25) is 0 Å². The Bertz CT molecular complexity index is 1750. The van der Waals surface area contributed by atoms with Gasteiger partial charge in [-0.3, -0.25) is 9.59 Å². The van der Waals surface area contributed by atoms with Crippen LogP contribution in [0.5, 0.6) is 5.75 Å². The molecule has 50 heavy (non-hydrogen) atoms. The number of anilines is 2. The largest absolute Gasteiger partial charge is 0.497 e. The van der Waals surface area contributed by atoms with E-state index in [0.29, 0.717) is 50.5 Å². The zero-order valence-electron chi connectivity index (χ0n) is 29.5. The van der Waals surface area contributed by atoms with Gasteiger partial charge in [-0.15, -0.1) is 0 Å². The standard InChI is InChI=1S/C40H48N6O4/c1-43-20-9-21-46(38(47)29-49-2)37-15-7-6-13-33(37)28-45(25-24-43)39(48)35-27-41-40(44-22-18-31-11-4-5-12-32(31)19-23-44)42-36(35)17-16-30-10-8-14-34(26-30)50-3/h4-8,10-15,26-27H,9,16-25,28-29H2,1-3H3. The first-order valence-corrected chi connectivity index (χ1v) is 17.6. The molecule has 10 heteroatoms. The van der Waals surface area contributed by atoms with Gasteiger partial charge < -0.3 is 29.1 Å². The number of likely N-dealkylation sites (N-methyl/N-ethyl adjacent to an activating group) is 1. The SMILES string of the molecule is COCC(=O)N1CCCN(C)CCN(C(=O)c2cnc(N3CCc4ccccc4CC3)nc2CCc2cccc(OC)c2)Cc2ccccc21. The highest BCUT2D eigenvalue weighted by molar-refractivity contribution is 5.96. The van der Waals surface area contributed by atoms with Crippen molar-refractivity contribution in [3.8, 4) is 5.75 Å². The maximum absolute atomic E-state index is 14.7. The highest BCUT2D eigenvalue weighted by atomic mass is 16.5. The summed E-state index contributed by atoms with van der Waals surface area (Å²) >= 11 is 0. The highest BCUT2D eigenvalue weighted by Crippen LogP contribution is 2.26. The number of amides is 2. The summed E-state index contributed by atoms with van der Waals surface area (Å²) < 4.78 is 10.7. The minimum atomic E-state index is -0.113. The Morgan fingerprint density at radius 1 is 0.800 bits per heavy atom. The third kappa shape index (κ3) is 8.49. The number of benzene rings is 3. The van der Waals surface area contributed by atoms with Crippen molar-refractivity contribution in [2.24, 2.45) is 0 Å². The van der Waals surface area contributed by atoms with Gasteiger partial charge in [0.15, 0.2) is 0 Å². The molecule has 262 valence electrons. The van der Waals surface area contributed by atoms with Gasteiger partial charge in [-0.05, 0) is 86.1 Å². The smallest absolute Gasteiger partial charge is 0.257 e. The molecule has 0 aliphatic carbocycles. The van der Waals surface area contributed by atoms with Gasteiger partial charge >= 0.3 is 0 Å². The number of hydrogen-bond donors (Lipinski definition) is 0. The zero-order chi connectivity index (χ0) is 34.9. The van der Waals surface area contributed by atoms with Crippen molar-refractivity contribution in [2.45, 2.75) is 38.6 Å². The fraction of sp³-hybridized carbons (Fsp3) is 0.400. The number of aryl methyl sites for hydroxylation is 2. The number of para-hydroxylation sites is 1. The number of methoxy groups -OCH3 is 2. The van der Waals surface area contributed by atoms with Gasteiger partial charge in [0.2, 0.25) is 5.95 Å². The van der Waals surface area contributed by atoms with E-state index in [9.17, 15) is 9.59 Å². The Kier molecular flexibility index (Phi) is 11.7. The molecular weight excluding hydrogens is 628 g/mol. The predicted molar refractivity (Wildman–Crippen MR) is 196 cm³/mol. The summed E-state index contributed by atoms with van der Waals surface area (Å²) in [5.41, 5.74) is 6.81. The minimum Gasteiger partial charge on any atom is -0.497 e. The molecular formula is C40H48N6O4. The molecule has 0 fully saturated rings. The molecule has 2 aliphatic heterocycles. The number of hydrogen-bond acceptors (Lipinski definition) is 8. The number of ether oxygens (including phenoxy) is 2. The van der Waals surface area contributed by atoms with Gasteiger partial charge in [0.25, 0.3) is 11.8 Å². The van der Waals surface area contributed by atoms with Gasteiger partial charge in [0.05, 0.1) is 18.4 Å². The van der Waals surface area contributed by atoms with Crippen molar-refractivity contribution in [1.29, 1.82) is 0 Å². The maximum Gasteiger partial charge on any atom is 0.257 e. The molecule has 6 rings (SSSR count). The van der Waals surface area contributed by atoms with E-state index < -0.39 is 0 Å². The molecule has 3 heterocycles. The molecule has 2 amide bonds. The highest BCUT2D eigenvalue weighted by Gasteiger charge is 2.27. The van der Waals surface area contributed by atoms with Crippen molar-refractivity contribution in [1.82, 2.24) is 19.8 Å². The van der Waals surface area contributed by atoms with Gasteiger partial charge in [-0.2, -0.15) is 0 Å². The van der Waals surface area contributed by atoms with Crippen LogP contribution in [-0.2, 0) is 41.8 Å². The predicted octanol–water partition coefficient (Wildman–Crippen LogP) is 4.83. The van der Waals surface area contributed by atoms with Gasteiger partial charge in [-0.25, -0.2) is 9.97 Å². The quantitative estimate of drug-likeness (QED) is 0.262. The third-order valence-electron chi connectivity index (χ3n) is 9.75. The molecule has 0 saturated carbocycles. The van der Waals surface area contributed by atoms with E-state index in [1.54, 1.807) is 18.2 Å². The summed E-state index contributed by atoms with van der Waals surface area (Å²) in [6.45, 7) is 4.56. The molecule has 3 aromatic carbocycles. The lowest BCUT2D eigenvalue weighted by Gasteiger charge is -2.28. The molecule has 4 aromatic rings. The first-order chi connectivity index (χ1) is 24.4. The molecule has 0 spiro atoms. The van der Waals surface area contributed by atoms with Crippen LogP contribution in [0.1, 0.15) is 44.7 Å². The van der Waals surface area contributed by atoms with Crippen molar-refractivity contribution in [2.75, 3.05) is 76.9 Å². The van der Waals surface area contributed by atoms with Gasteiger partial charge in [0.1, 0.15) is 12.4 Å². The first-order valence-electron chi connectivity index (χ1n) is 17.6. The Hall–Kier alpha value is -4.80. The monoisotopic (exact) mass is 676 g/mol. The minimum absolute atomic E-state index is 0.00371. The van der Waals surface area contributed by atoms with E-state index in [0.717, 1.165) is 67.2 Å². The average molecular weight is 677 g/mol. The van der Waals surface area contributed by atoms with E-state index in [4.69, 9.17) is 19.4 Å². The number of fused-ring (bicyclic) bond motifs is 2. The second kappa shape index (κ2) is 16.7. The summed E-state index contributed by atoms with van der Waals surface area (Å²) in [6, 6.07) is 24.5. The summed E-state index contributed by atoms with van der Waals surface area (Å²) in [5.74, 6) is 1.25. The van der Waals surface area contributed by atoms with Crippen molar-refractivity contribution >= 4 is 23.5 Å². The fourth-order valence-electron chi connectivity index (χ4n) is 6.91. The van der Waals surface area contributed by atoms with Crippen LogP contribution in [0.25, 0.3) is 0 Å². The number of carbonyl (C=O) groups excluding carboxylic acids is 2. The Morgan fingerprint density at radius 3 is 2.28 bits per heavy atom. The molecule has 0 radical (unpaired) electrons. The lowest BCUT2D eigenvalue weighted by Crippen LogP contribution is -2.38. The van der Waals surface area contributed by atoms with E-state index >= 15 is 0 Å². The second-order valence-electron chi connectivity index (χ2n) is 13.1. The third-order valence-corrected chi connectivity index (χ3v) is 9.75. The normalized spacial score (nSPS) is 15.8. The number of aromatic nitrogens is 2. The molecule has 2 aliphatic rings. The van der Waals surface area contributed by atoms with Crippen molar-refractivity contribution in [3.63, 3.8) is 0 Å². The summed E-state index contributed by atoms with van der Waals surface area (Å²) in [7, 11) is 5.27. The molecule has 0 saturated heterocycles. The maximum atomic E-state index is 14.7. The van der Waals surface area contributed by atoms with Crippen LogP contribution in [0.4, 0.5) is 11.6 Å². The van der Waals surface area contributed by atoms with E-state index in [-0.39, 0.29) is 18.4 Å². The van der Waals surface area contributed by atoms with Crippen LogP contribution in [0, 0.1) is 0 Å². The average Bonchev–Trinajstić information content (AvgIpc) is 3.38. The Morgan fingerprint density at radius 2 is 1.54 bits per heavy atom. The lowest BCUT2D eigenvalue weighted by molar-refractivity contribution is -0.122. The number of carbonyl (C=O) groups is 2. The summed E-state index contributed by atoms with van der Waals surface area (Å²) in [5, 5.41) is 0. The molecule has 1 aromatic heterocycles. The van der Waals surface area contributed by atoms with Gasteiger partial charge in [-0.1, -0.05) is 54.6 Å². The van der Waals surface area contributed by atoms with Crippen LogP contribution < -0.4 is 14.5 Å². The van der Waals surface area contributed by atoms with Crippen molar-refractivity contribution < 1.29 is 19.1 Å². The van der Waals surface area contributed by atoms with Crippen LogP contribution in [0.3, 0.4) is 0 Å². The van der Waals surface area contributed by atoms with E-state index in [1.807, 2.05) is 47.4 Å². The van der Waals surface area contributed by atoms with E-state index in [1.165, 1.54) is 18.2 Å². The Labute approximate surface area is 295 Å². The number of nitrogens with zero attached hydrogens (tertiary/aromatic N) is 6. The lowest BCUT2D eigenvalue weighted by atomic mass is 10.0. The first kappa shape index (κ1) is 35.0. The molecule has 0 bridgehead atoms. The van der Waals surface area contributed by atoms with Gasteiger partial charge in [0, 0.05) is 58.3 Å². The molecule has 0 N–H and O–H groups in total. The molecule has 0 unspecified atom stereocenters. The Balaban J connectivity index is 1.33. The van der Waals surface area contributed by atoms with Crippen LogP contribution in [0.15, 0.2) is 79.0 Å². The van der Waals surface area contributed by atoms with E-state index in [2.05, 4.69) is 47.2 Å². The number of rotatable bonds is 8. The summed E-state index contributed by atoms with van der Waals surface area (Å²) in [6.07, 6.45) is 5.65. The van der Waals surface area contributed by atoms with Crippen LogP contribution >= 0.6 is 0 Å². The fourth-order valence-corrected chi connectivity index (χ4v) is 6.91. The van der Waals surface area contributed by atoms with Crippen LogP contribution in [-0.4, -0.2) is 98.7 Å².